The molecule has 4 aromatic heterocycles. The summed E-state index contributed by atoms with van der Waals surface area (Å²) >= 11 is 0. The number of rotatable bonds is 15. The lowest BCUT2D eigenvalue weighted by Gasteiger charge is -2.35. The number of amides is 3. The van der Waals surface area contributed by atoms with Gasteiger partial charge in [0.1, 0.15) is 29.7 Å². The van der Waals surface area contributed by atoms with Crippen molar-refractivity contribution >= 4 is 39.5 Å². The fourth-order valence-corrected chi connectivity index (χ4v) is 8.01. The van der Waals surface area contributed by atoms with E-state index in [1.165, 1.54) is 5.39 Å². The molecular weight excluding hydrogens is 749 g/mol. The summed E-state index contributed by atoms with van der Waals surface area (Å²) < 4.78 is 26.4. The highest BCUT2D eigenvalue weighted by Crippen LogP contribution is 2.34. The number of aromatic nitrogens is 4. The Morgan fingerprint density at radius 1 is 0.712 bits per heavy atom. The zero-order valence-corrected chi connectivity index (χ0v) is 32.8. The lowest BCUT2D eigenvalue weighted by Crippen LogP contribution is -2.51. The minimum absolute atomic E-state index is 0.0371. The van der Waals surface area contributed by atoms with Gasteiger partial charge in [-0.05, 0) is 86.6 Å². The molecule has 9 rings (SSSR count). The maximum atomic E-state index is 13.1. The standard InChI is InChI=1S/C46H44N6O7/c1-28-7-13-40(44(53)50-28)52-45(54)36-12-10-31(24-37(36)46(52)55)56-19-5-3-4-6-20-57-43-25-32(15-18-48-43)58-33-22-34(23-33)59-42-14-9-30(26-49-42)29-8-11-35-38-27-47-17-16-39(38)51(2)41(35)21-29/h8-12,14-18,21,24-27,33-34,40H,1,3-7,13,19-20,22-23H2,2H3,(H,50,53). The lowest BCUT2D eigenvalue weighted by atomic mass is 9.92. The first-order valence-electron chi connectivity index (χ1n) is 20.1. The summed E-state index contributed by atoms with van der Waals surface area (Å²) in [5.41, 5.74) is 5.57. The van der Waals surface area contributed by atoms with E-state index < -0.39 is 17.9 Å². The van der Waals surface area contributed by atoms with E-state index in [2.05, 4.69) is 56.7 Å². The number of nitrogens with zero attached hydrogens (tertiary/aromatic N) is 5. The monoisotopic (exact) mass is 792 g/mol. The van der Waals surface area contributed by atoms with Crippen molar-refractivity contribution in [1.29, 1.82) is 0 Å². The van der Waals surface area contributed by atoms with E-state index >= 15 is 0 Å². The SMILES string of the molecule is C=C1CCC(N2C(=O)c3ccc(OCCCCCCOc4cc(OC5CC(Oc6ccc(-c7ccc8c9cnccc9n(C)c8c7)cn6)C5)ccn4)cc3C2=O)C(=O)N1. The summed E-state index contributed by atoms with van der Waals surface area (Å²) in [6.07, 6.45) is 13.3. The van der Waals surface area contributed by atoms with E-state index in [0.717, 1.165) is 71.0 Å². The molecule has 1 saturated heterocycles. The number of hydrogen-bond donors (Lipinski definition) is 1. The van der Waals surface area contributed by atoms with Crippen LogP contribution < -0.4 is 24.3 Å². The highest BCUT2D eigenvalue weighted by molar-refractivity contribution is 6.23. The maximum Gasteiger partial charge on any atom is 0.262 e. The molecule has 0 radical (unpaired) electrons. The second kappa shape index (κ2) is 16.2. The van der Waals surface area contributed by atoms with E-state index in [-0.39, 0.29) is 29.2 Å². The Morgan fingerprint density at radius 2 is 1.51 bits per heavy atom. The maximum absolute atomic E-state index is 13.1. The number of pyridine rings is 3. The van der Waals surface area contributed by atoms with Crippen LogP contribution in [-0.2, 0) is 11.8 Å². The van der Waals surface area contributed by atoms with Gasteiger partial charge < -0.3 is 28.8 Å². The van der Waals surface area contributed by atoms with Gasteiger partial charge in [0.2, 0.25) is 17.7 Å². The van der Waals surface area contributed by atoms with Crippen molar-refractivity contribution in [2.24, 2.45) is 7.05 Å². The molecule has 3 amide bonds. The fourth-order valence-electron chi connectivity index (χ4n) is 8.01. The summed E-state index contributed by atoms with van der Waals surface area (Å²) in [6, 6.07) is 20.2. The first kappa shape index (κ1) is 37.8. The number of benzene rings is 2. The third-order valence-electron chi connectivity index (χ3n) is 11.3. The van der Waals surface area contributed by atoms with Gasteiger partial charge >= 0.3 is 0 Å². The zero-order valence-electron chi connectivity index (χ0n) is 32.8. The zero-order chi connectivity index (χ0) is 40.5. The molecule has 0 bridgehead atoms. The lowest BCUT2D eigenvalue weighted by molar-refractivity contribution is -0.125. The van der Waals surface area contributed by atoms with E-state index in [1.807, 2.05) is 48.9 Å². The number of ether oxygens (including phenoxy) is 4. The summed E-state index contributed by atoms with van der Waals surface area (Å²) in [4.78, 5) is 52.9. The van der Waals surface area contributed by atoms with Crippen LogP contribution in [0.5, 0.6) is 23.3 Å². The molecule has 300 valence electrons. The number of carbonyl (C=O) groups is 3. The molecule has 13 heteroatoms. The fraction of sp³-hybridized carbons (Fsp3) is 0.304. The average Bonchev–Trinajstić information content (AvgIpc) is 3.66. The van der Waals surface area contributed by atoms with Crippen LogP contribution in [0.1, 0.15) is 72.1 Å². The molecule has 0 spiro atoms. The van der Waals surface area contributed by atoms with E-state index in [4.69, 9.17) is 18.9 Å². The van der Waals surface area contributed by atoms with Crippen LogP contribution >= 0.6 is 0 Å². The molecule has 13 nitrogen and oxygen atoms in total. The van der Waals surface area contributed by atoms with Crippen molar-refractivity contribution in [3.63, 3.8) is 0 Å². The van der Waals surface area contributed by atoms with Crippen LogP contribution in [-0.4, -0.2) is 73.6 Å². The Balaban J connectivity index is 0.664. The normalized spacial score (nSPS) is 18.8. The Labute approximate surface area is 341 Å². The number of piperidine rings is 1. The van der Waals surface area contributed by atoms with Gasteiger partial charge in [-0.15, -0.1) is 0 Å². The van der Waals surface area contributed by atoms with Gasteiger partial charge in [0.15, 0.2) is 0 Å². The Hall–Kier alpha value is -6.76. The van der Waals surface area contributed by atoms with E-state index in [9.17, 15) is 14.4 Å². The summed E-state index contributed by atoms with van der Waals surface area (Å²) in [5.74, 6) is 1.04. The number of aryl methyl sites for hydroxylation is 1. The van der Waals surface area contributed by atoms with Crippen LogP contribution in [0.3, 0.4) is 0 Å². The van der Waals surface area contributed by atoms with Gasteiger partial charge in [-0.1, -0.05) is 18.7 Å². The second-order valence-electron chi connectivity index (χ2n) is 15.3. The largest absolute Gasteiger partial charge is 0.494 e. The molecule has 2 fully saturated rings. The topological polar surface area (TPSA) is 147 Å². The molecule has 3 aliphatic rings. The molecular formula is C46H44N6O7. The summed E-state index contributed by atoms with van der Waals surface area (Å²) in [6.45, 7) is 4.77. The van der Waals surface area contributed by atoms with Crippen molar-refractivity contribution in [1.82, 2.24) is 29.7 Å². The van der Waals surface area contributed by atoms with Crippen molar-refractivity contribution in [2.45, 2.75) is 69.6 Å². The summed E-state index contributed by atoms with van der Waals surface area (Å²) in [7, 11) is 2.08. The van der Waals surface area contributed by atoms with Gasteiger partial charge in [-0.25, -0.2) is 9.97 Å². The Morgan fingerprint density at radius 3 is 2.32 bits per heavy atom. The smallest absolute Gasteiger partial charge is 0.262 e. The molecule has 2 aromatic carbocycles. The minimum atomic E-state index is -0.839. The van der Waals surface area contributed by atoms with Crippen molar-refractivity contribution < 1.29 is 33.3 Å². The molecule has 1 N–H and O–H groups in total. The molecule has 1 unspecified atom stereocenters. The first-order chi connectivity index (χ1) is 28.8. The van der Waals surface area contributed by atoms with Crippen LogP contribution in [0, 0.1) is 0 Å². The predicted octanol–water partition coefficient (Wildman–Crippen LogP) is 7.58. The molecule has 2 aliphatic heterocycles. The van der Waals surface area contributed by atoms with Crippen molar-refractivity contribution in [2.75, 3.05) is 13.2 Å². The third-order valence-corrected chi connectivity index (χ3v) is 11.3. The van der Waals surface area contributed by atoms with Crippen LogP contribution in [0.25, 0.3) is 32.9 Å². The van der Waals surface area contributed by atoms with Crippen molar-refractivity contribution in [3.05, 3.63) is 115 Å². The minimum Gasteiger partial charge on any atom is -0.494 e. The molecule has 6 heterocycles. The van der Waals surface area contributed by atoms with Gasteiger partial charge in [0.25, 0.3) is 11.8 Å². The number of unbranched alkanes of at least 4 members (excludes halogenated alkanes) is 3. The summed E-state index contributed by atoms with van der Waals surface area (Å²) in [5, 5.41) is 4.98. The van der Waals surface area contributed by atoms with Gasteiger partial charge in [-0.3, -0.25) is 24.3 Å². The average molecular weight is 793 g/mol. The van der Waals surface area contributed by atoms with E-state index in [1.54, 1.807) is 24.4 Å². The third kappa shape index (κ3) is 7.80. The molecule has 6 aromatic rings. The number of carbonyl (C=O) groups excluding carboxylic acids is 3. The molecule has 1 saturated carbocycles. The Kier molecular flexibility index (Phi) is 10.4. The highest BCUT2D eigenvalue weighted by Gasteiger charge is 2.44. The molecule has 1 aliphatic carbocycles. The molecule has 1 atom stereocenters. The van der Waals surface area contributed by atoms with Crippen LogP contribution in [0.15, 0.2) is 104 Å². The van der Waals surface area contributed by atoms with Gasteiger partial charge in [-0.2, -0.15) is 0 Å². The second-order valence-corrected chi connectivity index (χ2v) is 15.3. The highest BCUT2D eigenvalue weighted by atomic mass is 16.5. The number of fused-ring (bicyclic) bond motifs is 4. The van der Waals surface area contributed by atoms with Gasteiger partial charge in [0.05, 0.1) is 29.9 Å². The van der Waals surface area contributed by atoms with E-state index in [0.29, 0.717) is 55.0 Å². The number of allylic oxidation sites excluding steroid dienone is 1. The number of imide groups is 1. The number of nitrogens with one attached hydrogen (secondary N) is 1. The van der Waals surface area contributed by atoms with Crippen LogP contribution in [0.4, 0.5) is 0 Å². The molecule has 59 heavy (non-hydrogen) atoms. The van der Waals surface area contributed by atoms with Crippen LogP contribution in [0.2, 0.25) is 0 Å². The van der Waals surface area contributed by atoms with Gasteiger partial charge in [0, 0.05) is 84.4 Å². The Bertz CT molecular complexity index is 2580. The first-order valence-corrected chi connectivity index (χ1v) is 20.1. The predicted molar refractivity (Wildman–Crippen MR) is 220 cm³/mol. The van der Waals surface area contributed by atoms with Crippen molar-refractivity contribution in [3.8, 4) is 34.4 Å². The quantitative estimate of drug-likeness (QED) is 0.0816. The number of hydrogen-bond acceptors (Lipinski definition) is 10.